The molecule has 2 atom stereocenters. The van der Waals surface area contributed by atoms with Gasteiger partial charge in [0, 0.05) is 31.0 Å². The molecule has 20 heavy (non-hydrogen) atoms. The summed E-state index contributed by atoms with van der Waals surface area (Å²) in [5, 5.41) is 15.3. The number of nitrogens with one attached hydrogen (secondary N) is 2. The highest BCUT2D eigenvalue weighted by Gasteiger charge is 2.22. The summed E-state index contributed by atoms with van der Waals surface area (Å²) in [5.74, 6) is -0.132. The Hall–Kier alpha value is -1.69. The van der Waals surface area contributed by atoms with Gasteiger partial charge in [-0.3, -0.25) is 10.1 Å². The summed E-state index contributed by atoms with van der Waals surface area (Å²) < 4.78 is 0. The van der Waals surface area contributed by atoms with Crippen LogP contribution >= 0.6 is 0 Å². The molecule has 0 amide bonds. The Morgan fingerprint density at radius 2 is 2.00 bits per heavy atom. The molecule has 0 unspecified atom stereocenters. The number of aromatic nitrogens is 2. The molecule has 0 fully saturated rings. The Morgan fingerprint density at radius 3 is 2.50 bits per heavy atom. The second-order valence-corrected chi connectivity index (χ2v) is 4.92. The number of carbonyl (C=O) groups is 1. The Labute approximate surface area is 120 Å². The van der Waals surface area contributed by atoms with Crippen LogP contribution in [0.15, 0.2) is 12.4 Å². The number of nitrogens with zero attached hydrogens (tertiary/aromatic N) is 2. The smallest absolute Gasteiger partial charge is 0.320 e. The topological polar surface area (TPSA) is 87.1 Å². The van der Waals surface area contributed by atoms with Gasteiger partial charge in [-0.25, -0.2) is 9.97 Å². The van der Waals surface area contributed by atoms with Crippen LogP contribution in [0.4, 0.5) is 5.95 Å². The Bertz CT molecular complexity index is 408. The van der Waals surface area contributed by atoms with Gasteiger partial charge in [0.25, 0.3) is 0 Å². The largest absolute Gasteiger partial charge is 0.480 e. The molecule has 0 spiro atoms. The number of carboxylic acid groups (broad SMARTS) is 1. The first-order valence-electron chi connectivity index (χ1n) is 7.09. The molecule has 1 rings (SSSR count). The first-order chi connectivity index (χ1) is 9.58. The van der Waals surface area contributed by atoms with Gasteiger partial charge in [0.1, 0.15) is 6.04 Å². The van der Waals surface area contributed by atoms with Crippen molar-refractivity contribution in [3.63, 3.8) is 0 Å². The first kappa shape index (κ1) is 16.4. The Kier molecular flexibility index (Phi) is 6.93. The monoisotopic (exact) mass is 280 g/mol. The van der Waals surface area contributed by atoms with Gasteiger partial charge in [0.2, 0.25) is 5.95 Å². The maximum absolute atomic E-state index is 11.2. The van der Waals surface area contributed by atoms with Crippen molar-refractivity contribution < 1.29 is 9.90 Å². The zero-order valence-corrected chi connectivity index (χ0v) is 12.4. The van der Waals surface area contributed by atoms with Gasteiger partial charge >= 0.3 is 5.97 Å². The van der Waals surface area contributed by atoms with Gasteiger partial charge < -0.3 is 10.4 Å². The minimum atomic E-state index is -0.818. The average molecular weight is 280 g/mol. The second-order valence-electron chi connectivity index (χ2n) is 4.92. The van der Waals surface area contributed by atoms with Crippen molar-refractivity contribution in [1.82, 2.24) is 15.3 Å². The molecule has 0 aliphatic heterocycles. The number of anilines is 1. The number of hydrogen-bond donors (Lipinski definition) is 3. The zero-order valence-electron chi connectivity index (χ0n) is 12.4. The highest BCUT2D eigenvalue weighted by atomic mass is 16.4. The summed E-state index contributed by atoms with van der Waals surface area (Å²) in [5.41, 5.74) is 0.876. The lowest BCUT2D eigenvalue weighted by atomic mass is 9.99. The molecule has 6 heteroatoms. The van der Waals surface area contributed by atoms with Gasteiger partial charge in [-0.2, -0.15) is 0 Å². The lowest BCUT2D eigenvalue weighted by Gasteiger charge is -2.20. The van der Waals surface area contributed by atoms with E-state index in [1.165, 1.54) is 0 Å². The van der Waals surface area contributed by atoms with E-state index in [4.69, 9.17) is 0 Å². The quantitative estimate of drug-likeness (QED) is 0.640. The van der Waals surface area contributed by atoms with Crippen molar-refractivity contribution in [3.8, 4) is 0 Å². The van der Waals surface area contributed by atoms with Gasteiger partial charge in [0.15, 0.2) is 0 Å². The molecule has 1 heterocycles. The van der Waals surface area contributed by atoms with Crippen molar-refractivity contribution in [2.75, 3.05) is 11.9 Å². The molecule has 0 saturated carbocycles. The summed E-state index contributed by atoms with van der Waals surface area (Å²) in [7, 11) is 0. The molecule has 6 nitrogen and oxygen atoms in total. The van der Waals surface area contributed by atoms with E-state index < -0.39 is 12.0 Å². The molecule has 112 valence electrons. The van der Waals surface area contributed by atoms with E-state index in [2.05, 4.69) is 27.5 Å². The third-order valence-corrected chi connectivity index (χ3v) is 3.24. The van der Waals surface area contributed by atoms with Gasteiger partial charge in [-0.1, -0.05) is 27.2 Å². The Morgan fingerprint density at radius 1 is 1.35 bits per heavy atom. The van der Waals surface area contributed by atoms with Crippen LogP contribution in [0.1, 0.15) is 39.2 Å². The first-order valence-corrected chi connectivity index (χ1v) is 7.09. The molecule has 0 radical (unpaired) electrons. The normalized spacial score (nSPS) is 13.8. The molecule has 3 N–H and O–H groups in total. The van der Waals surface area contributed by atoms with Crippen LogP contribution in [0.25, 0.3) is 0 Å². The molecule has 0 saturated heterocycles. The summed E-state index contributed by atoms with van der Waals surface area (Å²) in [6.45, 7) is 7.29. The maximum Gasteiger partial charge on any atom is 0.320 e. The summed E-state index contributed by atoms with van der Waals surface area (Å²) in [6, 6.07) is -0.544. The van der Waals surface area contributed by atoms with Crippen LogP contribution in [0.5, 0.6) is 0 Å². The highest BCUT2D eigenvalue weighted by Crippen LogP contribution is 2.09. The maximum atomic E-state index is 11.2. The van der Waals surface area contributed by atoms with Crippen LogP contribution in [0.3, 0.4) is 0 Å². The second kappa shape index (κ2) is 8.47. The lowest BCUT2D eigenvalue weighted by molar-refractivity contribution is -0.140. The Balaban J connectivity index is 2.53. The van der Waals surface area contributed by atoms with Crippen LogP contribution < -0.4 is 10.6 Å². The predicted octanol–water partition coefficient (Wildman–Crippen LogP) is 1.89. The summed E-state index contributed by atoms with van der Waals surface area (Å²) >= 11 is 0. The molecular weight excluding hydrogens is 256 g/mol. The fraction of sp³-hybridized carbons (Fsp3) is 0.643. The number of aliphatic carboxylic acids is 1. The van der Waals surface area contributed by atoms with Crippen molar-refractivity contribution >= 4 is 11.9 Å². The van der Waals surface area contributed by atoms with Gasteiger partial charge in [-0.15, -0.1) is 0 Å². The summed E-state index contributed by atoms with van der Waals surface area (Å²) in [6.07, 6.45) is 5.27. The molecule has 1 aromatic heterocycles. The van der Waals surface area contributed by atoms with Crippen molar-refractivity contribution in [3.05, 3.63) is 18.0 Å². The van der Waals surface area contributed by atoms with E-state index in [1.54, 1.807) is 12.4 Å². The van der Waals surface area contributed by atoms with Gasteiger partial charge in [0.05, 0.1) is 0 Å². The number of carboxylic acids is 1. The molecule has 0 aromatic carbocycles. The molecule has 0 aliphatic carbocycles. The van der Waals surface area contributed by atoms with Crippen molar-refractivity contribution in [2.24, 2.45) is 5.92 Å². The minimum absolute atomic E-state index is 0.0823. The van der Waals surface area contributed by atoms with Crippen LogP contribution in [0.2, 0.25) is 0 Å². The van der Waals surface area contributed by atoms with Crippen LogP contribution in [-0.4, -0.2) is 33.6 Å². The number of rotatable bonds is 9. The molecular formula is C14H24N4O2. The van der Waals surface area contributed by atoms with E-state index in [9.17, 15) is 9.90 Å². The molecule has 0 bridgehead atoms. The van der Waals surface area contributed by atoms with E-state index in [-0.39, 0.29) is 5.92 Å². The van der Waals surface area contributed by atoms with Gasteiger partial charge in [-0.05, 0) is 12.3 Å². The van der Waals surface area contributed by atoms with E-state index in [0.717, 1.165) is 24.9 Å². The third-order valence-electron chi connectivity index (χ3n) is 3.24. The number of hydrogen-bond acceptors (Lipinski definition) is 5. The minimum Gasteiger partial charge on any atom is -0.480 e. The van der Waals surface area contributed by atoms with E-state index >= 15 is 0 Å². The van der Waals surface area contributed by atoms with Crippen molar-refractivity contribution in [2.45, 2.75) is 46.2 Å². The SMILES string of the molecule is CCCNc1ncc(CN[C@@H](C(=O)O)[C@H](C)CC)cn1. The van der Waals surface area contributed by atoms with Crippen LogP contribution in [-0.2, 0) is 11.3 Å². The standard InChI is InChI=1S/C14H24N4O2/c1-4-6-15-14-17-8-11(9-18-14)7-16-12(13(19)20)10(3)5-2/h8-10,12,16H,4-7H2,1-3H3,(H,19,20)(H,15,17,18)/t10-,12-/m1/s1. The average Bonchev–Trinajstić information content (AvgIpc) is 2.45. The third kappa shape index (κ3) is 5.13. The molecule has 0 aliphatic rings. The summed E-state index contributed by atoms with van der Waals surface area (Å²) in [4.78, 5) is 19.6. The van der Waals surface area contributed by atoms with Crippen LogP contribution in [0, 0.1) is 5.92 Å². The van der Waals surface area contributed by atoms with E-state index in [1.807, 2.05) is 13.8 Å². The highest BCUT2D eigenvalue weighted by molar-refractivity contribution is 5.73. The fourth-order valence-corrected chi connectivity index (χ4v) is 1.77. The van der Waals surface area contributed by atoms with Crippen molar-refractivity contribution in [1.29, 1.82) is 0 Å². The molecule has 1 aromatic rings. The zero-order chi connectivity index (χ0) is 15.0. The lowest BCUT2D eigenvalue weighted by Crippen LogP contribution is -2.41. The predicted molar refractivity (Wildman–Crippen MR) is 78.5 cm³/mol. The fourth-order valence-electron chi connectivity index (χ4n) is 1.77. The van der Waals surface area contributed by atoms with E-state index in [0.29, 0.717) is 12.5 Å².